The summed E-state index contributed by atoms with van der Waals surface area (Å²) in [6.07, 6.45) is 1.04. The standard InChI is InChI=1S/C16H24ClN3O/c1-3-13(2)18-12-16(21)20-10-8-19(9-11-20)15-7-5-4-6-14(15)17/h4-7,13,18H,3,8-12H2,1-2H3. The average Bonchev–Trinajstić information content (AvgIpc) is 2.53. The molecule has 5 heteroatoms. The summed E-state index contributed by atoms with van der Waals surface area (Å²) in [5.74, 6) is 0.189. The van der Waals surface area contributed by atoms with Crippen LogP contribution in [0.3, 0.4) is 0 Å². The van der Waals surface area contributed by atoms with E-state index in [9.17, 15) is 4.79 Å². The predicted molar refractivity (Wildman–Crippen MR) is 88.0 cm³/mol. The smallest absolute Gasteiger partial charge is 0.236 e. The number of amides is 1. The van der Waals surface area contributed by atoms with E-state index in [-0.39, 0.29) is 5.91 Å². The van der Waals surface area contributed by atoms with Crippen molar-refractivity contribution in [2.24, 2.45) is 0 Å². The Hall–Kier alpha value is -1.26. The van der Waals surface area contributed by atoms with Crippen LogP contribution in [-0.4, -0.2) is 49.6 Å². The highest BCUT2D eigenvalue weighted by Gasteiger charge is 2.22. The van der Waals surface area contributed by atoms with Crippen LogP contribution >= 0.6 is 11.6 Å². The van der Waals surface area contributed by atoms with Crippen molar-refractivity contribution in [3.8, 4) is 0 Å². The third-order valence-corrected chi connectivity index (χ3v) is 4.36. The highest BCUT2D eigenvalue weighted by molar-refractivity contribution is 6.33. The summed E-state index contributed by atoms with van der Waals surface area (Å²) < 4.78 is 0. The Kier molecular flexibility index (Phi) is 5.88. The predicted octanol–water partition coefficient (Wildman–Crippen LogP) is 2.38. The molecule has 1 atom stereocenters. The number of anilines is 1. The van der Waals surface area contributed by atoms with Crippen molar-refractivity contribution in [1.82, 2.24) is 10.2 Å². The molecule has 1 N–H and O–H groups in total. The van der Waals surface area contributed by atoms with E-state index in [1.807, 2.05) is 29.2 Å². The van der Waals surface area contributed by atoms with E-state index in [1.54, 1.807) is 0 Å². The summed E-state index contributed by atoms with van der Waals surface area (Å²) in [6, 6.07) is 8.26. The molecular weight excluding hydrogens is 286 g/mol. The molecule has 21 heavy (non-hydrogen) atoms. The lowest BCUT2D eigenvalue weighted by Gasteiger charge is -2.36. The maximum Gasteiger partial charge on any atom is 0.236 e. The van der Waals surface area contributed by atoms with Gasteiger partial charge in [0, 0.05) is 32.2 Å². The van der Waals surface area contributed by atoms with Crippen LogP contribution in [-0.2, 0) is 4.79 Å². The number of piperazine rings is 1. The van der Waals surface area contributed by atoms with E-state index >= 15 is 0 Å². The summed E-state index contributed by atoms with van der Waals surface area (Å²) in [4.78, 5) is 16.3. The number of rotatable bonds is 5. The average molecular weight is 310 g/mol. The number of halogens is 1. The first-order valence-corrected chi connectivity index (χ1v) is 8.00. The summed E-state index contributed by atoms with van der Waals surface area (Å²) in [5.41, 5.74) is 1.06. The maximum atomic E-state index is 12.1. The van der Waals surface area contributed by atoms with Crippen LogP contribution in [0.1, 0.15) is 20.3 Å². The molecule has 1 amide bonds. The zero-order valence-corrected chi connectivity index (χ0v) is 13.6. The van der Waals surface area contributed by atoms with Crippen molar-refractivity contribution in [3.05, 3.63) is 29.3 Å². The van der Waals surface area contributed by atoms with Gasteiger partial charge in [0.15, 0.2) is 0 Å². The first-order chi connectivity index (χ1) is 10.1. The zero-order valence-electron chi connectivity index (χ0n) is 12.8. The number of nitrogens with zero attached hydrogens (tertiary/aromatic N) is 2. The van der Waals surface area contributed by atoms with Gasteiger partial charge in [0.1, 0.15) is 0 Å². The van der Waals surface area contributed by atoms with Crippen molar-refractivity contribution in [2.45, 2.75) is 26.3 Å². The quantitative estimate of drug-likeness (QED) is 0.907. The summed E-state index contributed by atoms with van der Waals surface area (Å²) in [5, 5.41) is 4.03. The Morgan fingerprint density at radius 1 is 1.29 bits per heavy atom. The number of nitrogens with one attached hydrogen (secondary N) is 1. The van der Waals surface area contributed by atoms with E-state index in [4.69, 9.17) is 11.6 Å². The van der Waals surface area contributed by atoms with E-state index in [0.717, 1.165) is 43.3 Å². The topological polar surface area (TPSA) is 35.6 Å². The van der Waals surface area contributed by atoms with Crippen LogP contribution in [0.15, 0.2) is 24.3 Å². The van der Waals surface area contributed by atoms with Crippen LogP contribution in [0.5, 0.6) is 0 Å². The Morgan fingerprint density at radius 2 is 1.95 bits per heavy atom. The molecule has 0 bridgehead atoms. The van der Waals surface area contributed by atoms with Crippen molar-refractivity contribution in [1.29, 1.82) is 0 Å². The molecule has 0 spiro atoms. The SMILES string of the molecule is CCC(C)NCC(=O)N1CCN(c2ccccc2Cl)CC1. The molecule has 116 valence electrons. The molecule has 1 unspecified atom stereocenters. The summed E-state index contributed by atoms with van der Waals surface area (Å²) in [7, 11) is 0. The lowest BCUT2D eigenvalue weighted by Crippen LogP contribution is -2.51. The third kappa shape index (κ3) is 4.35. The van der Waals surface area contributed by atoms with Gasteiger partial charge in [-0.15, -0.1) is 0 Å². The first-order valence-electron chi connectivity index (χ1n) is 7.62. The van der Waals surface area contributed by atoms with Gasteiger partial charge in [0.05, 0.1) is 17.3 Å². The molecule has 0 aliphatic carbocycles. The fourth-order valence-corrected chi connectivity index (χ4v) is 2.68. The van der Waals surface area contributed by atoms with E-state index in [1.165, 1.54) is 0 Å². The number of hydrogen-bond acceptors (Lipinski definition) is 3. The lowest BCUT2D eigenvalue weighted by molar-refractivity contribution is -0.130. The highest BCUT2D eigenvalue weighted by Crippen LogP contribution is 2.25. The van der Waals surface area contributed by atoms with Crippen molar-refractivity contribution >= 4 is 23.2 Å². The second kappa shape index (κ2) is 7.66. The number of hydrogen-bond donors (Lipinski definition) is 1. The largest absolute Gasteiger partial charge is 0.367 e. The monoisotopic (exact) mass is 309 g/mol. The van der Waals surface area contributed by atoms with Crippen molar-refractivity contribution in [2.75, 3.05) is 37.6 Å². The molecule has 1 fully saturated rings. The maximum absolute atomic E-state index is 12.1. The number of para-hydroxylation sites is 1. The van der Waals surface area contributed by atoms with Gasteiger partial charge < -0.3 is 15.1 Å². The summed E-state index contributed by atoms with van der Waals surface area (Å²) in [6.45, 7) is 7.82. The first kappa shape index (κ1) is 16.1. The van der Waals surface area contributed by atoms with Gasteiger partial charge in [-0.2, -0.15) is 0 Å². The zero-order chi connectivity index (χ0) is 15.2. The van der Waals surface area contributed by atoms with E-state index < -0.39 is 0 Å². The molecule has 0 radical (unpaired) electrons. The fourth-order valence-electron chi connectivity index (χ4n) is 2.42. The van der Waals surface area contributed by atoms with Crippen LogP contribution < -0.4 is 10.2 Å². The van der Waals surface area contributed by atoms with Crippen molar-refractivity contribution in [3.63, 3.8) is 0 Å². The van der Waals surface area contributed by atoms with Crippen LogP contribution in [0.25, 0.3) is 0 Å². The third-order valence-electron chi connectivity index (χ3n) is 4.04. The van der Waals surface area contributed by atoms with Gasteiger partial charge in [-0.1, -0.05) is 30.7 Å². The van der Waals surface area contributed by atoms with Crippen molar-refractivity contribution < 1.29 is 4.79 Å². The molecular formula is C16H24ClN3O. The van der Waals surface area contributed by atoms with Crippen LogP contribution in [0.4, 0.5) is 5.69 Å². The highest BCUT2D eigenvalue weighted by atomic mass is 35.5. The molecule has 1 heterocycles. The molecule has 1 aromatic rings. The Labute approximate surface area is 132 Å². The minimum Gasteiger partial charge on any atom is -0.367 e. The number of benzene rings is 1. The Morgan fingerprint density at radius 3 is 2.57 bits per heavy atom. The molecule has 2 rings (SSSR count). The molecule has 0 aromatic heterocycles. The number of carbonyl (C=O) groups is 1. The van der Waals surface area contributed by atoms with Gasteiger partial charge in [-0.3, -0.25) is 4.79 Å². The van der Waals surface area contributed by atoms with Crippen LogP contribution in [0, 0.1) is 0 Å². The molecule has 4 nitrogen and oxygen atoms in total. The van der Waals surface area contributed by atoms with E-state index in [2.05, 4.69) is 24.1 Å². The normalized spacial score (nSPS) is 16.9. The minimum atomic E-state index is 0.189. The molecule has 1 saturated heterocycles. The lowest BCUT2D eigenvalue weighted by atomic mass is 10.2. The van der Waals surface area contributed by atoms with Crippen LogP contribution in [0.2, 0.25) is 5.02 Å². The number of carbonyl (C=O) groups excluding carboxylic acids is 1. The molecule has 1 aromatic carbocycles. The van der Waals surface area contributed by atoms with Gasteiger partial charge in [-0.05, 0) is 25.5 Å². The molecule has 1 aliphatic rings. The van der Waals surface area contributed by atoms with Gasteiger partial charge in [-0.25, -0.2) is 0 Å². The fraction of sp³-hybridized carbons (Fsp3) is 0.562. The second-order valence-electron chi connectivity index (χ2n) is 5.51. The van der Waals surface area contributed by atoms with Gasteiger partial charge >= 0.3 is 0 Å². The molecule has 0 saturated carbocycles. The van der Waals surface area contributed by atoms with Gasteiger partial charge in [0.2, 0.25) is 5.91 Å². The summed E-state index contributed by atoms with van der Waals surface area (Å²) >= 11 is 6.22. The Bertz CT molecular complexity index is 472. The van der Waals surface area contributed by atoms with E-state index in [0.29, 0.717) is 12.6 Å². The Balaban J connectivity index is 1.83. The van der Waals surface area contributed by atoms with Gasteiger partial charge in [0.25, 0.3) is 0 Å². The minimum absolute atomic E-state index is 0.189. The second-order valence-corrected chi connectivity index (χ2v) is 5.92. The molecule has 1 aliphatic heterocycles.